The molecule has 4 rings (SSSR count). The molecular formula is C36H45N4O7PS. The molecule has 0 aliphatic carbocycles. The van der Waals surface area contributed by atoms with Crippen LogP contribution in [0.5, 0.6) is 0 Å². The third-order valence-corrected chi connectivity index (χ3v) is 9.57. The van der Waals surface area contributed by atoms with E-state index < -0.39 is 13.7 Å². The normalized spacial score (nSPS) is 11.8. The van der Waals surface area contributed by atoms with Crippen LogP contribution in [-0.4, -0.2) is 48.7 Å². The van der Waals surface area contributed by atoms with Crippen molar-refractivity contribution in [3.63, 3.8) is 0 Å². The van der Waals surface area contributed by atoms with Gasteiger partial charge in [0, 0.05) is 34.8 Å². The molecule has 0 aliphatic rings. The molecule has 0 bridgehead atoms. The largest absolute Gasteiger partial charge is 0.491 e. The van der Waals surface area contributed by atoms with E-state index in [4.69, 9.17) is 4.84 Å². The van der Waals surface area contributed by atoms with Crippen LogP contribution in [0.4, 0.5) is 0 Å². The highest BCUT2D eigenvalue weighted by molar-refractivity contribution is 7.99. The lowest BCUT2D eigenvalue weighted by atomic mass is 10.1. The van der Waals surface area contributed by atoms with E-state index in [1.165, 1.54) is 55.1 Å². The summed E-state index contributed by atoms with van der Waals surface area (Å²) in [6.07, 6.45) is 16.0. The second-order valence-corrected chi connectivity index (χ2v) is 14.2. The van der Waals surface area contributed by atoms with Gasteiger partial charge in [0.25, 0.3) is 5.91 Å². The van der Waals surface area contributed by atoms with Gasteiger partial charge in [0.15, 0.2) is 0 Å². The molecule has 11 nitrogen and oxygen atoms in total. The molecule has 0 radical (unpaired) electrons. The summed E-state index contributed by atoms with van der Waals surface area (Å²) in [4.78, 5) is 57.4. The maximum absolute atomic E-state index is 13.2. The summed E-state index contributed by atoms with van der Waals surface area (Å²) >= 11 is 1.30. The van der Waals surface area contributed by atoms with Gasteiger partial charge in [-0.1, -0.05) is 93.1 Å². The maximum Gasteiger partial charge on any atom is 0.491 e. The Bertz CT molecular complexity index is 1810. The number of fused-ring (bicyclic) bond motifs is 1. The molecule has 262 valence electrons. The molecular weight excluding hydrogens is 663 g/mol. The molecule has 0 aliphatic heterocycles. The van der Waals surface area contributed by atoms with Crippen molar-refractivity contribution in [2.75, 3.05) is 7.05 Å². The van der Waals surface area contributed by atoms with Gasteiger partial charge in [-0.15, -0.1) is 5.10 Å². The Balaban J connectivity index is 1.59. The Hall–Kier alpha value is -3.80. The first-order valence-electron chi connectivity index (χ1n) is 16.6. The fourth-order valence-corrected chi connectivity index (χ4v) is 7.00. The third-order valence-electron chi connectivity index (χ3n) is 7.90. The number of amides is 1. The maximum atomic E-state index is 13.2. The molecule has 13 heteroatoms. The van der Waals surface area contributed by atoms with Gasteiger partial charge in [-0.25, -0.2) is 14.4 Å². The Labute approximate surface area is 291 Å². The molecule has 0 spiro atoms. The summed E-state index contributed by atoms with van der Waals surface area (Å²) in [6, 6.07) is 14.5. The minimum absolute atomic E-state index is 0.207. The van der Waals surface area contributed by atoms with E-state index >= 15 is 0 Å². The Morgan fingerprint density at radius 2 is 1.65 bits per heavy atom. The molecule has 2 heterocycles. The van der Waals surface area contributed by atoms with E-state index in [2.05, 4.69) is 21.6 Å². The van der Waals surface area contributed by atoms with Crippen LogP contribution in [0.25, 0.3) is 23.1 Å². The second kappa shape index (κ2) is 18.3. The predicted molar refractivity (Wildman–Crippen MR) is 192 cm³/mol. The van der Waals surface area contributed by atoms with Crippen LogP contribution in [0.15, 0.2) is 64.5 Å². The van der Waals surface area contributed by atoms with Crippen LogP contribution >= 0.6 is 19.6 Å². The summed E-state index contributed by atoms with van der Waals surface area (Å²) in [5.41, 5.74) is 3.78. The van der Waals surface area contributed by atoms with Crippen LogP contribution in [0.1, 0.15) is 104 Å². The van der Waals surface area contributed by atoms with Crippen LogP contribution in [0, 0.1) is 13.8 Å². The van der Waals surface area contributed by atoms with E-state index in [0.29, 0.717) is 21.2 Å². The number of carbonyl (C=O) groups is 2. The number of aryl methyl sites for hydroxylation is 2. The van der Waals surface area contributed by atoms with Gasteiger partial charge in [-0.2, -0.15) is 4.62 Å². The highest BCUT2D eigenvalue weighted by Crippen LogP contribution is 2.40. The van der Waals surface area contributed by atoms with Crippen molar-refractivity contribution in [1.29, 1.82) is 0 Å². The lowest BCUT2D eigenvalue weighted by Crippen LogP contribution is -2.26. The van der Waals surface area contributed by atoms with Gasteiger partial charge in [-0.05, 0) is 73.9 Å². The molecule has 49 heavy (non-hydrogen) atoms. The summed E-state index contributed by atoms with van der Waals surface area (Å²) in [7, 11) is -3.80. The highest BCUT2D eigenvalue weighted by atomic mass is 32.2. The number of hydrogen-bond acceptors (Lipinski definition) is 8. The third kappa shape index (κ3) is 11.4. The van der Waals surface area contributed by atoms with Gasteiger partial charge in [0.1, 0.15) is 5.52 Å². The van der Waals surface area contributed by atoms with Gasteiger partial charge in [0.2, 0.25) is 0 Å². The number of pyridine rings is 1. The quantitative estimate of drug-likeness (QED) is 0.0588. The van der Waals surface area contributed by atoms with Gasteiger partial charge < -0.3 is 14.6 Å². The number of phosphoric acid groups is 1. The number of rotatable bonds is 18. The Morgan fingerprint density at radius 1 is 0.939 bits per heavy atom. The van der Waals surface area contributed by atoms with E-state index in [9.17, 15) is 23.9 Å². The molecule has 4 aromatic rings. The van der Waals surface area contributed by atoms with Crippen LogP contribution < -0.4 is 4.84 Å². The topological polar surface area (TPSA) is 144 Å². The van der Waals surface area contributed by atoms with Gasteiger partial charge >= 0.3 is 13.8 Å². The van der Waals surface area contributed by atoms with Crippen LogP contribution in [-0.2, 0) is 14.0 Å². The average Bonchev–Trinajstić information content (AvgIpc) is 3.40. The number of hydroxylamine groups is 2. The zero-order valence-electron chi connectivity index (χ0n) is 28.5. The molecule has 2 aromatic carbocycles. The van der Waals surface area contributed by atoms with Crippen molar-refractivity contribution in [3.8, 4) is 0 Å². The van der Waals surface area contributed by atoms with E-state index in [-0.39, 0.29) is 18.0 Å². The first kappa shape index (κ1) is 38.0. The van der Waals surface area contributed by atoms with Crippen LogP contribution in [0.3, 0.4) is 0 Å². The number of aromatic nitrogens is 3. The highest BCUT2D eigenvalue weighted by Gasteiger charge is 2.26. The molecule has 0 unspecified atom stereocenters. The smallest absolute Gasteiger partial charge is 0.319 e. The van der Waals surface area contributed by atoms with E-state index in [1.807, 2.05) is 62.4 Å². The SMILES string of the molecule is CCCCCCCCCCCC(=O)On1nc(/C=C/c2ccccn2)c2c(C)cc(Sc3c(C)cccc3C(=O)N(C)OP(=O)(O)O)cc21. The fourth-order valence-electron chi connectivity index (χ4n) is 5.47. The van der Waals surface area contributed by atoms with Crippen molar-refractivity contribution in [1.82, 2.24) is 20.0 Å². The van der Waals surface area contributed by atoms with E-state index in [0.717, 1.165) is 53.4 Å². The summed E-state index contributed by atoms with van der Waals surface area (Å²) in [6.45, 7) is 5.99. The first-order valence-corrected chi connectivity index (χ1v) is 19.0. The number of benzene rings is 2. The molecule has 0 atom stereocenters. The summed E-state index contributed by atoms with van der Waals surface area (Å²) in [5, 5.41) is 6.00. The number of unbranched alkanes of at least 4 members (excludes halogenated alkanes) is 8. The van der Waals surface area contributed by atoms with Gasteiger partial charge in [-0.3, -0.25) is 9.78 Å². The monoisotopic (exact) mass is 708 g/mol. The standard InChI is InChI=1S/C36H45N4O7PS/c1-5-6-7-8-9-10-11-12-13-20-33(41)46-40-32-25-29(24-27(3)34(32)31(38-40)22-21-28-18-14-15-23-37-28)49-35-26(2)17-16-19-30(35)36(42)39(4)47-48(43,44)45/h14-19,21-25H,5-13,20H2,1-4H3,(H2,43,44,45)/b22-21+. The minimum atomic E-state index is -4.94. The predicted octanol–water partition coefficient (Wildman–Crippen LogP) is 8.34. The molecule has 2 N–H and O–H groups in total. The number of nitrogens with zero attached hydrogens (tertiary/aromatic N) is 4. The van der Waals surface area contributed by atoms with E-state index in [1.54, 1.807) is 18.3 Å². The van der Waals surface area contributed by atoms with Crippen molar-refractivity contribution >= 4 is 54.5 Å². The lowest BCUT2D eigenvalue weighted by Gasteiger charge is -2.19. The lowest BCUT2D eigenvalue weighted by molar-refractivity contribution is -0.145. The zero-order chi connectivity index (χ0) is 35.4. The molecule has 1 amide bonds. The molecule has 2 aromatic heterocycles. The van der Waals surface area contributed by atoms with Crippen molar-refractivity contribution in [2.45, 2.75) is 94.8 Å². The first-order chi connectivity index (χ1) is 23.5. The summed E-state index contributed by atoms with van der Waals surface area (Å²) < 4.78 is 15.9. The van der Waals surface area contributed by atoms with Crippen LogP contribution in [0.2, 0.25) is 0 Å². The Morgan fingerprint density at radius 3 is 2.33 bits per heavy atom. The Kier molecular flexibility index (Phi) is 14.2. The number of hydrogen-bond donors (Lipinski definition) is 2. The average molecular weight is 709 g/mol. The van der Waals surface area contributed by atoms with Gasteiger partial charge in [0.05, 0.1) is 17.0 Å². The van der Waals surface area contributed by atoms with Crippen molar-refractivity contribution < 1.29 is 33.4 Å². The van der Waals surface area contributed by atoms with Crippen molar-refractivity contribution in [3.05, 3.63) is 82.8 Å². The number of carbonyl (C=O) groups excluding carboxylic acids is 2. The molecule has 0 saturated heterocycles. The van der Waals surface area contributed by atoms with Crippen molar-refractivity contribution in [2.24, 2.45) is 0 Å². The minimum Gasteiger partial charge on any atom is -0.319 e. The molecule has 0 fully saturated rings. The zero-order valence-corrected chi connectivity index (χ0v) is 30.2. The fraction of sp³-hybridized carbons (Fsp3) is 0.389. The second-order valence-electron chi connectivity index (χ2n) is 12.0. The summed E-state index contributed by atoms with van der Waals surface area (Å²) in [5.74, 6) is -1.09. The molecule has 0 saturated carbocycles.